The number of phenols is 1. The van der Waals surface area contributed by atoms with Crippen LogP contribution in [-0.2, 0) is 4.79 Å². The van der Waals surface area contributed by atoms with Crippen LogP contribution in [0.3, 0.4) is 0 Å². The van der Waals surface area contributed by atoms with Gasteiger partial charge >= 0.3 is 0 Å². The van der Waals surface area contributed by atoms with E-state index in [1.165, 1.54) is 0 Å². The molecule has 132 valence electrons. The van der Waals surface area contributed by atoms with Crippen LogP contribution in [0.1, 0.15) is 23.5 Å². The number of allylic oxidation sites excluding steroid dienone is 1. The minimum absolute atomic E-state index is 0.157. The molecule has 1 aliphatic carbocycles. The maximum absolute atomic E-state index is 12.2. The molecule has 1 amide bonds. The van der Waals surface area contributed by atoms with Crippen molar-refractivity contribution in [2.24, 2.45) is 15.2 Å². The third kappa shape index (κ3) is 2.63. The van der Waals surface area contributed by atoms with Crippen LogP contribution in [-0.4, -0.2) is 48.8 Å². The Morgan fingerprint density at radius 1 is 1.19 bits per heavy atom. The smallest absolute Gasteiger partial charge is 0.276 e. The number of aromatic hydroxyl groups is 1. The fraction of sp³-hybridized carbons (Fsp3) is 0.300. The summed E-state index contributed by atoms with van der Waals surface area (Å²) in [4.78, 5) is 19.0. The fourth-order valence-corrected chi connectivity index (χ4v) is 3.54. The summed E-state index contributed by atoms with van der Waals surface area (Å²) in [6, 6.07) is 7.50. The van der Waals surface area contributed by atoms with Crippen LogP contribution < -0.4 is 0 Å². The molecule has 2 aromatic rings. The number of hydrogen-bond acceptors (Lipinski definition) is 5. The quantitative estimate of drug-likeness (QED) is 0.858. The van der Waals surface area contributed by atoms with Crippen molar-refractivity contribution >= 4 is 28.1 Å². The lowest BCUT2D eigenvalue weighted by Gasteiger charge is -2.26. The SMILES string of the molecule is CN(C)CCCN=C1C=CC2C(=O)N=Nc3c2c1c(O)c1ccccc31. The van der Waals surface area contributed by atoms with Gasteiger partial charge in [-0.2, -0.15) is 0 Å². The van der Waals surface area contributed by atoms with E-state index in [1.54, 1.807) is 0 Å². The number of hydrogen-bond donors (Lipinski definition) is 1. The van der Waals surface area contributed by atoms with Crippen LogP contribution in [0.2, 0.25) is 0 Å². The first-order chi connectivity index (χ1) is 12.6. The molecule has 1 atom stereocenters. The first-order valence-electron chi connectivity index (χ1n) is 8.69. The minimum atomic E-state index is -0.506. The number of carbonyl (C=O) groups is 1. The van der Waals surface area contributed by atoms with Crippen molar-refractivity contribution in [3.8, 4) is 5.75 Å². The van der Waals surface area contributed by atoms with Gasteiger partial charge in [-0.1, -0.05) is 30.3 Å². The fourth-order valence-electron chi connectivity index (χ4n) is 3.54. The Labute approximate surface area is 151 Å². The van der Waals surface area contributed by atoms with Crippen LogP contribution in [0.4, 0.5) is 5.69 Å². The lowest BCUT2D eigenvalue weighted by molar-refractivity contribution is -0.118. The molecule has 1 N–H and O–H groups in total. The molecule has 0 fully saturated rings. The third-order valence-electron chi connectivity index (χ3n) is 4.77. The summed E-state index contributed by atoms with van der Waals surface area (Å²) in [7, 11) is 4.06. The van der Waals surface area contributed by atoms with E-state index in [1.807, 2.05) is 50.5 Å². The lowest BCUT2D eigenvalue weighted by atomic mass is 9.81. The number of nitrogens with zero attached hydrogens (tertiary/aromatic N) is 4. The molecule has 0 saturated heterocycles. The zero-order valence-corrected chi connectivity index (χ0v) is 14.8. The van der Waals surface area contributed by atoms with Crippen LogP contribution in [0.25, 0.3) is 10.8 Å². The van der Waals surface area contributed by atoms with Gasteiger partial charge in [-0.05, 0) is 33.1 Å². The summed E-state index contributed by atoms with van der Waals surface area (Å²) in [5, 5.41) is 20.4. The first kappa shape index (κ1) is 16.6. The predicted molar refractivity (Wildman–Crippen MR) is 102 cm³/mol. The highest BCUT2D eigenvalue weighted by atomic mass is 16.3. The van der Waals surface area contributed by atoms with Crippen molar-refractivity contribution in [1.29, 1.82) is 0 Å². The van der Waals surface area contributed by atoms with E-state index in [-0.39, 0.29) is 11.7 Å². The van der Waals surface area contributed by atoms with Gasteiger partial charge in [0.1, 0.15) is 5.75 Å². The summed E-state index contributed by atoms with van der Waals surface area (Å²) in [5.41, 5.74) is 2.69. The van der Waals surface area contributed by atoms with E-state index in [2.05, 4.69) is 20.1 Å². The molecule has 4 rings (SSSR count). The van der Waals surface area contributed by atoms with Gasteiger partial charge in [0.15, 0.2) is 0 Å². The van der Waals surface area contributed by atoms with E-state index in [4.69, 9.17) is 0 Å². The predicted octanol–water partition coefficient (Wildman–Crippen LogP) is 3.56. The zero-order valence-electron chi connectivity index (χ0n) is 14.8. The summed E-state index contributed by atoms with van der Waals surface area (Å²) in [6.07, 6.45) is 4.55. The summed E-state index contributed by atoms with van der Waals surface area (Å²) in [5.74, 6) is -0.657. The molecule has 26 heavy (non-hydrogen) atoms. The molecule has 6 nitrogen and oxygen atoms in total. The Bertz CT molecular complexity index is 989. The van der Waals surface area contributed by atoms with Crippen molar-refractivity contribution in [2.75, 3.05) is 27.2 Å². The summed E-state index contributed by atoms with van der Waals surface area (Å²) < 4.78 is 0. The average molecular weight is 348 g/mol. The van der Waals surface area contributed by atoms with Crippen LogP contribution >= 0.6 is 0 Å². The zero-order chi connectivity index (χ0) is 18.3. The number of rotatable bonds is 4. The van der Waals surface area contributed by atoms with Gasteiger partial charge < -0.3 is 10.0 Å². The standard InChI is InChI=1S/C20H20N4O2/c1-24(2)11-5-10-21-15-9-8-14-16-17(15)19(25)13-7-4-3-6-12(13)18(16)22-23-20(14)26/h3-4,6-9,14,25H,5,10-11H2,1-2H3. The number of aliphatic imine (C=N–C) groups is 1. The van der Waals surface area contributed by atoms with Gasteiger partial charge in [-0.25, -0.2) is 0 Å². The van der Waals surface area contributed by atoms with E-state index < -0.39 is 5.92 Å². The van der Waals surface area contributed by atoms with Crippen molar-refractivity contribution < 1.29 is 9.90 Å². The number of amides is 1. The van der Waals surface area contributed by atoms with Gasteiger partial charge in [0.05, 0.1) is 17.3 Å². The Hall–Kier alpha value is -2.86. The van der Waals surface area contributed by atoms with Gasteiger partial charge in [0.25, 0.3) is 5.91 Å². The van der Waals surface area contributed by atoms with Crippen molar-refractivity contribution in [1.82, 2.24) is 4.90 Å². The van der Waals surface area contributed by atoms with Crippen LogP contribution in [0, 0.1) is 0 Å². The van der Waals surface area contributed by atoms with Crippen molar-refractivity contribution in [3.05, 3.63) is 47.5 Å². The van der Waals surface area contributed by atoms with E-state index in [0.717, 1.165) is 23.9 Å². The third-order valence-corrected chi connectivity index (χ3v) is 4.77. The normalized spacial score (nSPS) is 19.6. The van der Waals surface area contributed by atoms with E-state index >= 15 is 0 Å². The molecule has 0 aromatic heterocycles. The second-order valence-corrected chi connectivity index (χ2v) is 6.83. The van der Waals surface area contributed by atoms with Gasteiger partial charge in [0, 0.05) is 28.4 Å². The highest BCUT2D eigenvalue weighted by molar-refractivity contribution is 6.20. The monoisotopic (exact) mass is 348 g/mol. The molecular formula is C20H20N4O2. The summed E-state index contributed by atoms with van der Waals surface area (Å²) in [6.45, 7) is 1.59. The second kappa shape index (κ2) is 6.46. The molecule has 6 heteroatoms. The number of carbonyl (C=O) groups excluding carboxylic acids is 1. The van der Waals surface area contributed by atoms with Gasteiger partial charge in [-0.15, -0.1) is 10.2 Å². The lowest BCUT2D eigenvalue weighted by Crippen LogP contribution is -2.20. The molecule has 0 radical (unpaired) electrons. The van der Waals surface area contributed by atoms with E-state index in [9.17, 15) is 9.90 Å². The number of phenolic OH excluding ortho intramolecular Hbond substituents is 1. The van der Waals surface area contributed by atoms with Gasteiger partial charge in [-0.3, -0.25) is 9.79 Å². The molecule has 1 heterocycles. The highest BCUT2D eigenvalue weighted by Crippen LogP contribution is 2.48. The Morgan fingerprint density at radius 3 is 2.73 bits per heavy atom. The van der Waals surface area contributed by atoms with Crippen molar-refractivity contribution in [3.63, 3.8) is 0 Å². The molecule has 1 unspecified atom stereocenters. The topological polar surface area (TPSA) is 77.6 Å². The average Bonchev–Trinajstić information content (AvgIpc) is 2.64. The van der Waals surface area contributed by atoms with Gasteiger partial charge in [0.2, 0.25) is 0 Å². The van der Waals surface area contributed by atoms with E-state index in [0.29, 0.717) is 28.9 Å². The maximum Gasteiger partial charge on any atom is 0.276 e. The van der Waals surface area contributed by atoms with Crippen LogP contribution in [0.15, 0.2) is 51.6 Å². The Morgan fingerprint density at radius 2 is 1.96 bits per heavy atom. The van der Waals surface area contributed by atoms with Crippen LogP contribution in [0.5, 0.6) is 5.75 Å². The number of fused-ring (bicyclic) bond motifs is 2. The van der Waals surface area contributed by atoms with Crippen molar-refractivity contribution in [2.45, 2.75) is 12.3 Å². The second-order valence-electron chi connectivity index (χ2n) is 6.83. The Kier molecular flexibility index (Phi) is 4.12. The number of azo groups is 1. The molecule has 0 spiro atoms. The molecule has 1 aliphatic heterocycles. The number of benzene rings is 2. The molecule has 0 saturated carbocycles. The summed E-state index contributed by atoms with van der Waals surface area (Å²) >= 11 is 0. The molecule has 2 aliphatic rings. The molecule has 0 bridgehead atoms. The Balaban J connectivity index is 1.89. The molecule has 2 aromatic carbocycles. The highest BCUT2D eigenvalue weighted by Gasteiger charge is 2.35. The molecular weight excluding hydrogens is 328 g/mol. The first-order valence-corrected chi connectivity index (χ1v) is 8.69. The largest absolute Gasteiger partial charge is 0.507 e. The minimum Gasteiger partial charge on any atom is -0.507 e. The maximum atomic E-state index is 12.2.